The average Bonchev–Trinajstić information content (AvgIpc) is 3.38. The number of anilines is 1. The Hall–Kier alpha value is -3.52. The second-order valence-electron chi connectivity index (χ2n) is 9.80. The first kappa shape index (κ1) is 24.2. The molecule has 1 aromatic heterocycles. The first-order valence-corrected chi connectivity index (χ1v) is 13.0. The van der Waals surface area contributed by atoms with Crippen LogP contribution in [0.25, 0.3) is 11.4 Å². The summed E-state index contributed by atoms with van der Waals surface area (Å²) in [5.74, 6) is 0.756. The number of nitrogens with one attached hydrogen (secondary N) is 2. The zero-order chi connectivity index (χ0) is 24.7. The molecule has 2 amide bonds. The van der Waals surface area contributed by atoms with Crippen LogP contribution in [0.4, 0.5) is 5.69 Å². The smallest absolute Gasteiger partial charge is 0.253 e. The van der Waals surface area contributed by atoms with Gasteiger partial charge in [-0.05, 0) is 44.4 Å². The van der Waals surface area contributed by atoms with Gasteiger partial charge in [-0.2, -0.15) is 4.98 Å². The molecule has 3 aromatic rings. The van der Waals surface area contributed by atoms with Crippen molar-refractivity contribution < 1.29 is 14.1 Å². The van der Waals surface area contributed by atoms with Gasteiger partial charge >= 0.3 is 0 Å². The summed E-state index contributed by atoms with van der Waals surface area (Å²) in [6.07, 6.45) is 7.28. The summed E-state index contributed by atoms with van der Waals surface area (Å²) in [6, 6.07) is 17.2. The molecule has 2 aliphatic rings. The minimum atomic E-state index is -0.176. The fourth-order valence-electron chi connectivity index (χ4n) is 5.16. The van der Waals surface area contributed by atoms with Crippen molar-refractivity contribution in [1.82, 2.24) is 20.4 Å². The first-order valence-electron chi connectivity index (χ1n) is 13.0. The molecular weight excluding hydrogens is 454 g/mol. The van der Waals surface area contributed by atoms with Gasteiger partial charge in [0.15, 0.2) is 0 Å². The van der Waals surface area contributed by atoms with Gasteiger partial charge in [-0.15, -0.1) is 0 Å². The van der Waals surface area contributed by atoms with Crippen LogP contribution >= 0.6 is 0 Å². The van der Waals surface area contributed by atoms with Crippen LogP contribution in [-0.2, 0) is 11.3 Å². The minimum Gasteiger partial charge on any atom is -0.349 e. The third-order valence-electron chi connectivity index (χ3n) is 7.11. The van der Waals surface area contributed by atoms with Crippen LogP contribution in [0.5, 0.6) is 0 Å². The lowest BCUT2D eigenvalue weighted by molar-refractivity contribution is -0.121. The van der Waals surface area contributed by atoms with Crippen LogP contribution in [-0.4, -0.2) is 46.0 Å². The number of hydrogen-bond donors (Lipinski definition) is 2. The van der Waals surface area contributed by atoms with Gasteiger partial charge in [-0.3, -0.25) is 14.5 Å². The van der Waals surface area contributed by atoms with Gasteiger partial charge in [-0.25, -0.2) is 0 Å². The lowest BCUT2D eigenvalue weighted by Gasteiger charge is -2.31. The van der Waals surface area contributed by atoms with Crippen LogP contribution in [0, 0.1) is 5.92 Å². The van der Waals surface area contributed by atoms with Crippen LogP contribution in [0.2, 0.25) is 0 Å². The summed E-state index contributed by atoms with van der Waals surface area (Å²) in [5.41, 5.74) is 2.00. The van der Waals surface area contributed by atoms with E-state index in [4.69, 9.17) is 4.52 Å². The Labute approximate surface area is 211 Å². The van der Waals surface area contributed by atoms with Crippen molar-refractivity contribution in [1.29, 1.82) is 0 Å². The van der Waals surface area contributed by atoms with E-state index in [2.05, 4.69) is 25.7 Å². The number of carbonyl (C=O) groups is 2. The Balaban J connectivity index is 1.19. The molecule has 0 spiro atoms. The summed E-state index contributed by atoms with van der Waals surface area (Å²) >= 11 is 0. The fraction of sp³-hybridized carbons (Fsp3) is 0.429. The molecule has 1 aliphatic carbocycles. The van der Waals surface area contributed by atoms with Crippen molar-refractivity contribution >= 4 is 17.5 Å². The average molecular weight is 488 g/mol. The van der Waals surface area contributed by atoms with Crippen LogP contribution in [0.15, 0.2) is 59.1 Å². The zero-order valence-electron chi connectivity index (χ0n) is 20.5. The number of aromatic nitrogens is 2. The summed E-state index contributed by atoms with van der Waals surface area (Å²) in [6.45, 7) is 1.97. The Kier molecular flexibility index (Phi) is 7.71. The van der Waals surface area contributed by atoms with Gasteiger partial charge in [0.2, 0.25) is 17.6 Å². The van der Waals surface area contributed by atoms with Gasteiger partial charge in [0.25, 0.3) is 5.91 Å². The third-order valence-corrected chi connectivity index (χ3v) is 7.11. The number of hydrogen-bond acceptors (Lipinski definition) is 6. The number of nitrogens with zero attached hydrogens (tertiary/aromatic N) is 3. The van der Waals surface area contributed by atoms with Crippen LogP contribution < -0.4 is 10.6 Å². The van der Waals surface area contributed by atoms with Crippen molar-refractivity contribution in [3.8, 4) is 11.4 Å². The molecule has 1 unspecified atom stereocenters. The second-order valence-corrected chi connectivity index (χ2v) is 9.80. The molecule has 2 fully saturated rings. The summed E-state index contributed by atoms with van der Waals surface area (Å²) < 4.78 is 5.47. The number of likely N-dealkylation sites (tertiary alicyclic amines) is 1. The molecule has 5 rings (SSSR count). The third kappa shape index (κ3) is 5.99. The monoisotopic (exact) mass is 487 g/mol. The Morgan fingerprint density at radius 2 is 1.72 bits per heavy atom. The molecule has 1 atom stereocenters. The molecule has 2 aromatic carbocycles. The fourth-order valence-corrected chi connectivity index (χ4v) is 5.16. The summed E-state index contributed by atoms with van der Waals surface area (Å²) in [4.78, 5) is 32.9. The van der Waals surface area contributed by atoms with Gasteiger partial charge in [0.1, 0.15) is 0 Å². The topological polar surface area (TPSA) is 100 Å². The summed E-state index contributed by atoms with van der Waals surface area (Å²) in [7, 11) is 0. The van der Waals surface area contributed by atoms with E-state index in [0.717, 1.165) is 50.6 Å². The predicted octanol–water partition coefficient (Wildman–Crippen LogP) is 4.65. The maximum absolute atomic E-state index is 13.2. The molecule has 188 valence electrons. The summed E-state index contributed by atoms with van der Waals surface area (Å²) in [5, 5.41) is 10.3. The van der Waals surface area contributed by atoms with Crippen molar-refractivity contribution in [2.24, 2.45) is 5.92 Å². The second kappa shape index (κ2) is 11.5. The lowest BCUT2D eigenvalue weighted by atomic mass is 9.95. The number of amides is 2. The highest BCUT2D eigenvalue weighted by atomic mass is 16.5. The molecule has 0 radical (unpaired) electrons. The standard InChI is InChI=1S/C28H33N5O3/c34-27(30-24-16-8-7-15-23(24)28(35)29-22-13-5-2-6-14-22)21-12-9-17-33(18-21)19-25-31-26(32-36-25)20-10-3-1-4-11-20/h1,3-4,7-8,10-11,15-16,21-22H,2,5-6,9,12-14,17-19H2,(H,29,35)(H,30,34). The van der Waals surface area contributed by atoms with E-state index in [1.807, 2.05) is 42.5 Å². The molecule has 1 saturated heterocycles. The van der Waals surface area contributed by atoms with Crippen molar-refractivity contribution in [2.75, 3.05) is 18.4 Å². The Bertz CT molecular complexity index is 1170. The van der Waals surface area contributed by atoms with Crippen LogP contribution in [0.3, 0.4) is 0 Å². The van der Waals surface area contributed by atoms with Gasteiger partial charge in [0, 0.05) is 18.2 Å². The number of para-hydroxylation sites is 1. The SMILES string of the molecule is O=C(NC1CCCCC1)c1ccccc1NC(=O)C1CCCN(Cc2nc(-c3ccccc3)no2)C1. The highest BCUT2D eigenvalue weighted by molar-refractivity contribution is 6.04. The van der Waals surface area contributed by atoms with Gasteiger partial charge in [-0.1, -0.05) is 66.9 Å². The number of rotatable bonds is 7. The van der Waals surface area contributed by atoms with E-state index in [9.17, 15) is 9.59 Å². The molecule has 8 heteroatoms. The van der Waals surface area contributed by atoms with E-state index in [-0.39, 0.29) is 23.8 Å². The van der Waals surface area contributed by atoms with Crippen molar-refractivity contribution in [2.45, 2.75) is 57.5 Å². The van der Waals surface area contributed by atoms with Crippen LogP contribution in [0.1, 0.15) is 61.2 Å². The zero-order valence-corrected chi connectivity index (χ0v) is 20.5. The quantitative estimate of drug-likeness (QED) is 0.503. The van der Waals surface area contributed by atoms with Crippen molar-refractivity contribution in [3.05, 3.63) is 66.1 Å². The largest absolute Gasteiger partial charge is 0.349 e. The van der Waals surface area contributed by atoms with E-state index < -0.39 is 0 Å². The highest BCUT2D eigenvalue weighted by Crippen LogP contribution is 2.24. The molecule has 8 nitrogen and oxygen atoms in total. The molecule has 2 heterocycles. The highest BCUT2D eigenvalue weighted by Gasteiger charge is 2.28. The first-order chi connectivity index (χ1) is 17.7. The molecule has 36 heavy (non-hydrogen) atoms. The Morgan fingerprint density at radius 1 is 0.944 bits per heavy atom. The van der Waals surface area contributed by atoms with Gasteiger partial charge in [0.05, 0.1) is 23.7 Å². The Morgan fingerprint density at radius 3 is 2.56 bits per heavy atom. The van der Waals surface area contributed by atoms with E-state index in [1.165, 1.54) is 6.42 Å². The minimum absolute atomic E-state index is 0.0619. The molecule has 0 bridgehead atoms. The molecule has 1 saturated carbocycles. The normalized spacial score (nSPS) is 19.1. The van der Waals surface area contributed by atoms with E-state index in [1.54, 1.807) is 12.1 Å². The maximum Gasteiger partial charge on any atom is 0.253 e. The van der Waals surface area contributed by atoms with E-state index in [0.29, 0.717) is 36.1 Å². The molecule has 2 N–H and O–H groups in total. The number of carbonyl (C=O) groups excluding carboxylic acids is 2. The lowest BCUT2D eigenvalue weighted by Crippen LogP contribution is -2.40. The van der Waals surface area contributed by atoms with E-state index >= 15 is 0 Å². The number of piperidine rings is 1. The molecule has 1 aliphatic heterocycles. The van der Waals surface area contributed by atoms with Crippen molar-refractivity contribution in [3.63, 3.8) is 0 Å². The number of benzene rings is 2. The van der Waals surface area contributed by atoms with Gasteiger partial charge < -0.3 is 15.2 Å². The predicted molar refractivity (Wildman–Crippen MR) is 137 cm³/mol. The molecular formula is C28H33N5O3. The maximum atomic E-state index is 13.2.